The number of hydrogen-bond donors (Lipinski definition) is 2. The maximum atomic E-state index is 5.37. The van der Waals surface area contributed by atoms with Crippen molar-refractivity contribution < 1.29 is 4.74 Å². The van der Waals surface area contributed by atoms with Gasteiger partial charge in [0.15, 0.2) is 5.96 Å². The molecule has 0 spiro atoms. The summed E-state index contributed by atoms with van der Waals surface area (Å²) >= 11 is 0. The number of likely N-dealkylation sites (N-methyl/N-ethyl adjacent to an activating group) is 1. The maximum Gasteiger partial charge on any atom is 0.191 e. The van der Waals surface area contributed by atoms with Gasteiger partial charge in [-0.25, -0.2) is 0 Å². The van der Waals surface area contributed by atoms with Crippen molar-refractivity contribution in [2.24, 2.45) is 4.99 Å². The maximum absolute atomic E-state index is 5.37. The Bertz CT molecular complexity index is 480. The van der Waals surface area contributed by atoms with Gasteiger partial charge in [-0.05, 0) is 44.8 Å². The van der Waals surface area contributed by atoms with Crippen molar-refractivity contribution in [2.45, 2.75) is 46.1 Å². The molecular formula is C21H39IN4O. The van der Waals surface area contributed by atoms with Gasteiger partial charge in [-0.15, -0.1) is 24.0 Å². The highest BCUT2D eigenvalue weighted by atomic mass is 127. The molecule has 0 aliphatic heterocycles. The Morgan fingerprint density at radius 3 is 2.37 bits per heavy atom. The van der Waals surface area contributed by atoms with Gasteiger partial charge in [0.1, 0.15) is 0 Å². The fraction of sp³-hybridized carbons (Fsp3) is 0.667. The van der Waals surface area contributed by atoms with E-state index in [0.717, 1.165) is 64.6 Å². The van der Waals surface area contributed by atoms with E-state index in [0.29, 0.717) is 6.04 Å². The zero-order valence-electron chi connectivity index (χ0n) is 17.5. The first-order chi connectivity index (χ1) is 12.7. The molecular weight excluding hydrogens is 451 g/mol. The minimum absolute atomic E-state index is 0. The number of guanidine groups is 1. The first-order valence-electron chi connectivity index (χ1n) is 10.0. The van der Waals surface area contributed by atoms with Gasteiger partial charge in [0, 0.05) is 39.4 Å². The average molecular weight is 490 g/mol. The molecule has 0 radical (unpaired) electrons. The summed E-state index contributed by atoms with van der Waals surface area (Å²) in [5.41, 5.74) is 1.38. The second-order valence-corrected chi connectivity index (χ2v) is 6.35. The minimum Gasteiger partial charge on any atom is -0.382 e. The number of aliphatic imine (C=N–C) groups is 1. The lowest BCUT2D eigenvalue weighted by atomic mass is 10.0. The molecule has 0 heterocycles. The molecule has 1 aromatic rings. The summed E-state index contributed by atoms with van der Waals surface area (Å²) in [4.78, 5) is 6.87. The zero-order chi connectivity index (χ0) is 19.0. The van der Waals surface area contributed by atoms with E-state index in [9.17, 15) is 0 Å². The molecule has 0 aliphatic rings. The molecule has 0 fully saturated rings. The molecule has 0 saturated heterocycles. The monoisotopic (exact) mass is 490 g/mol. The Hall–Kier alpha value is -0.860. The largest absolute Gasteiger partial charge is 0.382 e. The highest BCUT2D eigenvalue weighted by Gasteiger charge is 2.16. The molecule has 5 nitrogen and oxygen atoms in total. The highest BCUT2D eigenvalue weighted by Crippen LogP contribution is 2.08. The van der Waals surface area contributed by atoms with Crippen molar-refractivity contribution >= 4 is 29.9 Å². The standard InChI is InChI=1S/C21H38N4O.HI/c1-5-25(6-2)20(17-19-13-9-8-10-14-19)18-24-21(22-4)23-15-11-12-16-26-7-3;/h8-10,13-14,20H,5-7,11-12,15-18H2,1-4H3,(H2,22,23,24);1H. The van der Waals surface area contributed by atoms with Crippen molar-refractivity contribution in [3.63, 3.8) is 0 Å². The lowest BCUT2D eigenvalue weighted by molar-refractivity contribution is 0.143. The molecule has 2 N–H and O–H groups in total. The van der Waals surface area contributed by atoms with Crippen molar-refractivity contribution in [3.8, 4) is 0 Å². The number of nitrogens with one attached hydrogen (secondary N) is 2. The number of rotatable bonds is 13. The molecule has 6 heteroatoms. The summed E-state index contributed by atoms with van der Waals surface area (Å²) in [6.07, 6.45) is 3.21. The van der Waals surface area contributed by atoms with Gasteiger partial charge in [-0.2, -0.15) is 0 Å². The number of nitrogens with zero attached hydrogens (tertiary/aromatic N) is 2. The average Bonchev–Trinajstić information content (AvgIpc) is 2.68. The van der Waals surface area contributed by atoms with E-state index in [2.05, 4.69) is 64.7 Å². The number of unbranched alkanes of at least 4 members (excludes halogenated alkanes) is 1. The number of benzene rings is 1. The molecule has 0 amide bonds. The van der Waals surface area contributed by atoms with Crippen LogP contribution in [-0.4, -0.2) is 63.3 Å². The summed E-state index contributed by atoms with van der Waals surface area (Å²) < 4.78 is 5.37. The molecule has 1 rings (SSSR count). The van der Waals surface area contributed by atoms with Crippen molar-refractivity contribution in [1.29, 1.82) is 0 Å². The van der Waals surface area contributed by atoms with Crippen molar-refractivity contribution in [1.82, 2.24) is 15.5 Å². The Morgan fingerprint density at radius 1 is 1.07 bits per heavy atom. The predicted octanol–water partition coefficient (Wildman–Crippen LogP) is 3.54. The molecule has 1 atom stereocenters. The number of halogens is 1. The van der Waals surface area contributed by atoms with Crippen LogP contribution in [0.25, 0.3) is 0 Å². The molecule has 1 unspecified atom stereocenters. The summed E-state index contributed by atoms with van der Waals surface area (Å²) in [6, 6.07) is 11.2. The van der Waals surface area contributed by atoms with Gasteiger partial charge < -0.3 is 15.4 Å². The highest BCUT2D eigenvalue weighted by molar-refractivity contribution is 14.0. The first-order valence-corrected chi connectivity index (χ1v) is 10.0. The van der Waals surface area contributed by atoms with E-state index in [4.69, 9.17) is 4.74 Å². The van der Waals surface area contributed by atoms with E-state index < -0.39 is 0 Å². The van der Waals surface area contributed by atoms with Crippen LogP contribution in [0.4, 0.5) is 0 Å². The van der Waals surface area contributed by atoms with Gasteiger partial charge in [0.05, 0.1) is 0 Å². The Balaban J connectivity index is 0.00000676. The fourth-order valence-corrected chi connectivity index (χ4v) is 3.07. The summed E-state index contributed by atoms with van der Waals surface area (Å²) in [6.45, 7) is 12.0. The molecule has 0 aromatic heterocycles. The van der Waals surface area contributed by atoms with Crippen LogP contribution in [0.3, 0.4) is 0 Å². The molecule has 0 bridgehead atoms. The van der Waals surface area contributed by atoms with Gasteiger partial charge in [0.25, 0.3) is 0 Å². The van der Waals surface area contributed by atoms with Crippen LogP contribution < -0.4 is 10.6 Å². The Labute approximate surface area is 183 Å². The van der Waals surface area contributed by atoms with Gasteiger partial charge in [0.2, 0.25) is 0 Å². The summed E-state index contributed by atoms with van der Waals surface area (Å²) in [5, 5.41) is 6.91. The van der Waals surface area contributed by atoms with Crippen LogP contribution in [0.1, 0.15) is 39.2 Å². The Morgan fingerprint density at radius 2 is 1.78 bits per heavy atom. The van der Waals surface area contributed by atoms with E-state index >= 15 is 0 Å². The molecule has 156 valence electrons. The topological polar surface area (TPSA) is 48.9 Å². The third-order valence-electron chi connectivity index (χ3n) is 4.58. The van der Waals surface area contributed by atoms with E-state index in [1.165, 1.54) is 5.56 Å². The second kappa shape index (κ2) is 17.3. The van der Waals surface area contributed by atoms with Crippen molar-refractivity contribution in [3.05, 3.63) is 35.9 Å². The van der Waals surface area contributed by atoms with E-state index in [1.54, 1.807) is 0 Å². The second-order valence-electron chi connectivity index (χ2n) is 6.35. The lowest BCUT2D eigenvalue weighted by Gasteiger charge is -2.30. The zero-order valence-corrected chi connectivity index (χ0v) is 19.9. The molecule has 1 aromatic carbocycles. The third kappa shape index (κ3) is 11.5. The predicted molar refractivity (Wildman–Crippen MR) is 127 cm³/mol. The number of hydrogen-bond acceptors (Lipinski definition) is 3. The SMILES string of the molecule is CCOCCCCNC(=NC)NCC(Cc1ccccc1)N(CC)CC.I. The Kier molecular flexibility index (Phi) is 16.7. The first kappa shape index (κ1) is 26.1. The van der Waals surface area contributed by atoms with E-state index in [-0.39, 0.29) is 24.0 Å². The van der Waals surface area contributed by atoms with Gasteiger partial charge >= 0.3 is 0 Å². The van der Waals surface area contributed by atoms with Crippen LogP contribution in [-0.2, 0) is 11.2 Å². The fourth-order valence-electron chi connectivity index (χ4n) is 3.07. The summed E-state index contributed by atoms with van der Waals surface area (Å²) in [5.74, 6) is 0.881. The summed E-state index contributed by atoms with van der Waals surface area (Å²) in [7, 11) is 1.83. The van der Waals surface area contributed by atoms with Crippen LogP contribution in [0.5, 0.6) is 0 Å². The van der Waals surface area contributed by atoms with Gasteiger partial charge in [-0.3, -0.25) is 9.89 Å². The van der Waals surface area contributed by atoms with Crippen LogP contribution >= 0.6 is 24.0 Å². The van der Waals surface area contributed by atoms with Crippen LogP contribution in [0.2, 0.25) is 0 Å². The molecule has 0 saturated carbocycles. The molecule has 27 heavy (non-hydrogen) atoms. The quantitative estimate of drug-likeness (QED) is 0.192. The normalized spacial score (nSPS) is 12.6. The van der Waals surface area contributed by atoms with Crippen LogP contribution in [0.15, 0.2) is 35.3 Å². The third-order valence-corrected chi connectivity index (χ3v) is 4.58. The minimum atomic E-state index is 0. The van der Waals surface area contributed by atoms with E-state index in [1.807, 2.05) is 14.0 Å². The molecule has 0 aliphatic carbocycles. The van der Waals surface area contributed by atoms with Crippen LogP contribution in [0, 0.1) is 0 Å². The van der Waals surface area contributed by atoms with Crippen molar-refractivity contribution in [2.75, 3.05) is 46.4 Å². The van der Waals surface area contributed by atoms with Gasteiger partial charge in [-0.1, -0.05) is 44.2 Å². The smallest absolute Gasteiger partial charge is 0.191 e. The number of ether oxygens (including phenoxy) is 1. The lowest BCUT2D eigenvalue weighted by Crippen LogP contribution is -2.48.